The first-order chi connectivity index (χ1) is 9.54. The molecule has 0 saturated carbocycles. The number of hydrogen-bond donors (Lipinski definition) is 2. The number of nitrogen functional groups attached to an aromatic ring is 1. The van der Waals surface area contributed by atoms with E-state index in [1.54, 1.807) is 18.2 Å². The van der Waals surface area contributed by atoms with E-state index in [1.165, 1.54) is 24.4 Å². The summed E-state index contributed by atoms with van der Waals surface area (Å²) in [7, 11) is 0. The fraction of sp³-hybridized carbons (Fsp3) is 0.200. The molecule has 0 bridgehead atoms. The van der Waals surface area contributed by atoms with Crippen molar-refractivity contribution < 1.29 is 9.18 Å². The maximum Gasteiger partial charge on any atom is 0.270 e. The van der Waals surface area contributed by atoms with E-state index in [0.717, 1.165) is 5.56 Å². The molecule has 4 nitrogen and oxygen atoms in total. The molecule has 3 N–H and O–H groups in total. The Balaban J connectivity index is 1.95. The van der Waals surface area contributed by atoms with Gasteiger partial charge in [-0.15, -0.1) is 0 Å². The summed E-state index contributed by atoms with van der Waals surface area (Å²) < 4.78 is 12.8. The minimum atomic E-state index is -0.271. The van der Waals surface area contributed by atoms with E-state index in [2.05, 4.69) is 10.3 Å². The van der Waals surface area contributed by atoms with Gasteiger partial charge >= 0.3 is 0 Å². The zero-order valence-electron chi connectivity index (χ0n) is 11.1. The Morgan fingerprint density at radius 1 is 1.35 bits per heavy atom. The fourth-order valence-corrected chi connectivity index (χ4v) is 1.89. The van der Waals surface area contributed by atoms with Crippen LogP contribution in [0, 0.1) is 5.82 Å². The van der Waals surface area contributed by atoms with Gasteiger partial charge in [0.2, 0.25) is 0 Å². The van der Waals surface area contributed by atoms with Gasteiger partial charge in [-0.2, -0.15) is 0 Å². The molecule has 5 heteroatoms. The van der Waals surface area contributed by atoms with Gasteiger partial charge in [0, 0.05) is 17.9 Å². The second-order valence-electron chi connectivity index (χ2n) is 4.68. The van der Waals surface area contributed by atoms with Crippen LogP contribution in [0.1, 0.15) is 23.0 Å². The lowest BCUT2D eigenvalue weighted by atomic mass is 10.1. The summed E-state index contributed by atoms with van der Waals surface area (Å²) in [6.45, 7) is 1.88. The number of nitrogens with two attached hydrogens (primary N) is 1. The zero-order chi connectivity index (χ0) is 14.5. The highest BCUT2D eigenvalue weighted by molar-refractivity contribution is 5.93. The van der Waals surface area contributed by atoms with Gasteiger partial charge in [0.1, 0.15) is 11.5 Å². The van der Waals surface area contributed by atoms with Crippen molar-refractivity contribution in [1.82, 2.24) is 10.3 Å². The number of carbonyl (C=O) groups excluding carboxylic acids is 1. The molecule has 0 aliphatic rings. The van der Waals surface area contributed by atoms with Crippen LogP contribution in [0.3, 0.4) is 0 Å². The molecule has 1 unspecified atom stereocenters. The normalized spacial score (nSPS) is 11.9. The Morgan fingerprint density at radius 2 is 2.05 bits per heavy atom. The molecule has 20 heavy (non-hydrogen) atoms. The molecule has 104 valence electrons. The Morgan fingerprint density at radius 3 is 2.70 bits per heavy atom. The van der Waals surface area contributed by atoms with Crippen LogP contribution in [0.25, 0.3) is 0 Å². The van der Waals surface area contributed by atoms with Crippen molar-refractivity contribution in [2.75, 3.05) is 5.73 Å². The SMILES string of the molecule is CC(Cc1ccc(F)cc1)NC(=O)c1cc(N)ccn1. The number of nitrogens with one attached hydrogen (secondary N) is 1. The molecule has 1 amide bonds. The highest BCUT2D eigenvalue weighted by Gasteiger charge is 2.11. The lowest BCUT2D eigenvalue weighted by Crippen LogP contribution is -2.34. The standard InChI is InChI=1S/C15H16FN3O/c1-10(8-11-2-4-12(16)5-3-11)19-15(20)14-9-13(17)6-7-18-14/h2-7,9-10H,8H2,1H3,(H2,17,18)(H,19,20). The second-order valence-corrected chi connectivity index (χ2v) is 4.68. The molecule has 2 aromatic rings. The smallest absolute Gasteiger partial charge is 0.270 e. The van der Waals surface area contributed by atoms with Gasteiger partial charge in [0.15, 0.2) is 0 Å². The summed E-state index contributed by atoms with van der Waals surface area (Å²) in [5.74, 6) is -0.540. The molecule has 0 fully saturated rings. The Hall–Kier alpha value is -2.43. The number of nitrogens with zero attached hydrogens (tertiary/aromatic N) is 1. The van der Waals surface area contributed by atoms with Crippen LogP contribution in [0.2, 0.25) is 0 Å². The predicted molar refractivity (Wildman–Crippen MR) is 75.7 cm³/mol. The number of rotatable bonds is 4. The second kappa shape index (κ2) is 6.14. The highest BCUT2D eigenvalue weighted by atomic mass is 19.1. The molecule has 2 rings (SSSR count). The van der Waals surface area contributed by atoms with Crippen LogP contribution in [0.5, 0.6) is 0 Å². The van der Waals surface area contributed by atoms with Crippen molar-refractivity contribution >= 4 is 11.6 Å². The Labute approximate surface area is 116 Å². The van der Waals surface area contributed by atoms with Crippen LogP contribution in [-0.4, -0.2) is 16.9 Å². The minimum absolute atomic E-state index is 0.0869. The summed E-state index contributed by atoms with van der Waals surface area (Å²) in [6.07, 6.45) is 2.11. The van der Waals surface area contributed by atoms with Crippen molar-refractivity contribution in [3.05, 3.63) is 59.7 Å². The first-order valence-corrected chi connectivity index (χ1v) is 6.31. The topological polar surface area (TPSA) is 68.0 Å². The van der Waals surface area contributed by atoms with Crippen molar-refractivity contribution in [1.29, 1.82) is 0 Å². The predicted octanol–water partition coefficient (Wildman–Crippen LogP) is 2.16. The van der Waals surface area contributed by atoms with Crippen LogP contribution in [-0.2, 0) is 6.42 Å². The number of anilines is 1. The number of aromatic nitrogens is 1. The molecule has 0 aliphatic heterocycles. The first-order valence-electron chi connectivity index (χ1n) is 6.31. The molecule has 1 aromatic carbocycles. The van der Waals surface area contributed by atoms with Gasteiger partial charge in [-0.05, 0) is 43.2 Å². The third-order valence-corrected chi connectivity index (χ3v) is 2.85. The summed E-state index contributed by atoms with van der Waals surface area (Å²) in [4.78, 5) is 15.9. The number of pyridine rings is 1. The maximum atomic E-state index is 12.8. The van der Waals surface area contributed by atoms with Crippen LogP contribution in [0.15, 0.2) is 42.6 Å². The number of halogens is 1. The molecule has 0 spiro atoms. The largest absolute Gasteiger partial charge is 0.399 e. The Bertz CT molecular complexity index is 598. The third kappa shape index (κ3) is 3.78. The Kier molecular flexibility index (Phi) is 4.30. The molecule has 0 saturated heterocycles. The molecular weight excluding hydrogens is 257 g/mol. The number of benzene rings is 1. The third-order valence-electron chi connectivity index (χ3n) is 2.85. The van der Waals surface area contributed by atoms with E-state index in [0.29, 0.717) is 12.1 Å². The van der Waals surface area contributed by atoms with Crippen molar-refractivity contribution in [3.8, 4) is 0 Å². The van der Waals surface area contributed by atoms with E-state index in [4.69, 9.17) is 5.73 Å². The van der Waals surface area contributed by atoms with E-state index in [-0.39, 0.29) is 23.5 Å². The average molecular weight is 273 g/mol. The lowest BCUT2D eigenvalue weighted by Gasteiger charge is -2.13. The van der Waals surface area contributed by atoms with E-state index < -0.39 is 0 Å². The first kappa shape index (κ1) is 14.0. The van der Waals surface area contributed by atoms with Crippen LogP contribution in [0.4, 0.5) is 10.1 Å². The summed E-state index contributed by atoms with van der Waals surface area (Å²) in [5.41, 5.74) is 7.35. The number of hydrogen-bond acceptors (Lipinski definition) is 3. The van der Waals surface area contributed by atoms with Crippen molar-refractivity contribution in [3.63, 3.8) is 0 Å². The van der Waals surface area contributed by atoms with Gasteiger partial charge in [0.25, 0.3) is 5.91 Å². The minimum Gasteiger partial charge on any atom is -0.399 e. The molecule has 1 aromatic heterocycles. The zero-order valence-corrected chi connectivity index (χ0v) is 11.1. The van der Waals surface area contributed by atoms with Crippen molar-refractivity contribution in [2.45, 2.75) is 19.4 Å². The molecule has 0 radical (unpaired) electrons. The number of amides is 1. The maximum absolute atomic E-state index is 12.8. The highest BCUT2D eigenvalue weighted by Crippen LogP contribution is 2.07. The van der Waals surface area contributed by atoms with Gasteiger partial charge in [-0.3, -0.25) is 9.78 Å². The fourth-order valence-electron chi connectivity index (χ4n) is 1.89. The monoisotopic (exact) mass is 273 g/mol. The molecular formula is C15H16FN3O. The molecule has 0 aliphatic carbocycles. The lowest BCUT2D eigenvalue weighted by molar-refractivity contribution is 0.0935. The van der Waals surface area contributed by atoms with Gasteiger partial charge in [-0.25, -0.2) is 4.39 Å². The van der Waals surface area contributed by atoms with Crippen LogP contribution < -0.4 is 11.1 Å². The van der Waals surface area contributed by atoms with E-state index >= 15 is 0 Å². The molecule has 1 heterocycles. The van der Waals surface area contributed by atoms with Crippen molar-refractivity contribution in [2.24, 2.45) is 0 Å². The van der Waals surface area contributed by atoms with Crippen LogP contribution >= 0.6 is 0 Å². The summed E-state index contributed by atoms with van der Waals surface area (Å²) >= 11 is 0. The number of carbonyl (C=O) groups is 1. The van der Waals surface area contributed by atoms with E-state index in [1.807, 2.05) is 6.92 Å². The van der Waals surface area contributed by atoms with Gasteiger partial charge < -0.3 is 11.1 Å². The molecule has 1 atom stereocenters. The summed E-state index contributed by atoms with van der Waals surface area (Å²) in [6, 6.07) is 9.29. The quantitative estimate of drug-likeness (QED) is 0.897. The summed E-state index contributed by atoms with van der Waals surface area (Å²) in [5, 5.41) is 2.84. The van der Waals surface area contributed by atoms with Gasteiger partial charge in [0.05, 0.1) is 0 Å². The average Bonchev–Trinajstić information content (AvgIpc) is 2.41. The van der Waals surface area contributed by atoms with Gasteiger partial charge in [-0.1, -0.05) is 12.1 Å². The van der Waals surface area contributed by atoms with E-state index in [9.17, 15) is 9.18 Å².